The van der Waals surface area contributed by atoms with Crippen molar-refractivity contribution in [3.8, 4) is 0 Å². The molecule has 118 valence electrons. The van der Waals surface area contributed by atoms with Crippen LogP contribution in [-0.2, 0) is 17.6 Å². The van der Waals surface area contributed by atoms with E-state index in [1.165, 1.54) is 0 Å². The molecule has 0 radical (unpaired) electrons. The second kappa shape index (κ2) is 6.11. The summed E-state index contributed by atoms with van der Waals surface area (Å²) in [7, 11) is 0. The number of hydrogen-bond donors (Lipinski definition) is 1. The molecule has 2 aliphatic heterocycles. The van der Waals surface area contributed by atoms with Crippen LogP contribution in [-0.4, -0.2) is 24.9 Å². The molecule has 0 spiro atoms. The minimum Gasteiger partial charge on any atom is -0.352 e. The molecule has 1 aromatic rings. The zero-order valence-corrected chi connectivity index (χ0v) is 13.4. The predicted molar refractivity (Wildman–Crippen MR) is 87.2 cm³/mol. The van der Waals surface area contributed by atoms with Crippen molar-refractivity contribution in [3.05, 3.63) is 28.8 Å². The van der Waals surface area contributed by atoms with Crippen LogP contribution in [0.5, 0.6) is 0 Å². The first kappa shape index (κ1) is 15.1. The molecule has 0 unspecified atom stereocenters. The normalized spacial score (nSPS) is 16.7. The molecular formula is C18H24N2O2. The molecular weight excluding hydrogens is 276 g/mol. The van der Waals surface area contributed by atoms with Crippen molar-refractivity contribution in [3.63, 3.8) is 0 Å². The molecule has 0 saturated heterocycles. The number of carbonyl (C=O) groups is 2. The van der Waals surface area contributed by atoms with Crippen molar-refractivity contribution in [2.75, 3.05) is 18.0 Å². The van der Waals surface area contributed by atoms with Crippen LogP contribution >= 0.6 is 0 Å². The Bertz CT molecular complexity index is 590. The Hall–Kier alpha value is -1.84. The van der Waals surface area contributed by atoms with Gasteiger partial charge in [0.1, 0.15) is 0 Å². The van der Waals surface area contributed by atoms with E-state index in [1.807, 2.05) is 17.0 Å². The van der Waals surface area contributed by atoms with E-state index >= 15 is 0 Å². The summed E-state index contributed by atoms with van der Waals surface area (Å²) < 4.78 is 0. The van der Waals surface area contributed by atoms with Crippen molar-refractivity contribution in [2.24, 2.45) is 5.92 Å². The number of aryl methyl sites for hydroxylation is 2. The van der Waals surface area contributed by atoms with Crippen LogP contribution < -0.4 is 10.2 Å². The maximum absolute atomic E-state index is 12.4. The predicted octanol–water partition coefficient (Wildman–Crippen LogP) is 2.69. The fraction of sp³-hybridized carbons (Fsp3) is 0.556. The van der Waals surface area contributed by atoms with E-state index < -0.39 is 0 Å². The summed E-state index contributed by atoms with van der Waals surface area (Å²) in [6, 6.07) is 3.96. The van der Waals surface area contributed by atoms with Crippen molar-refractivity contribution in [1.82, 2.24) is 5.32 Å². The lowest BCUT2D eigenvalue weighted by atomic mass is 9.89. The zero-order chi connectivity index (χ0) is 15.7. The minimum atomic E-state index is 0.00808. The number of amides is 2. The average Bonchev–Trinajstić information content (AvgIpc) is 2.50. The van der Waals surface area contributed by atoms with E-state index in [0.717, 1.165) is 54.6 Å². The van der Waals surface area contributed by atoms with E-state index in [9.17, 15) is 9.59 Å². The van der Waals surface area contributed by atoms with Gasteiger partial charge in [-0.2, -0.15) is 0 Å². The molecule has 4 heteroatoms. The third kappa shape index (κ3) is 2.87. The highest BCUT2D eigenvalue weighted by Crippen LogP contribution is 2.36. The van der Waals surface area contributed by atoms with E-state index in [4.69, 9.17) is 0 Å². The summed E-state index contributed by atoms with van der Waals surface area (Å²) in [5, 5.41) is 3.01. The molecule has 1 N–H and O–H groups in total. The molecule has 0 fully saturated rings. The average molecular weight is 300 g/mol. The highest BCUT2D eigenvalue weighted by Gasteiger charge is 2.30. The molecule has 3 rings (SSSR count). The van der Waals surface area contributed by atoms with E-state index in [2.05, 4.69) is 19.2 Å². The fourth-order valence-electron chi connectivity index (χ4n) is 3.36. The Kier molecular flexibility index (Phi) is 4.19. The first-order valence-corrected chi connectivity index (χ1v) is 8.30. The van der Waals surface area contributed by atoms with Gasteiger partial charge in [-0.25, -0.2) is 0 Å². The Morgan fingerprint density at radius 1 is 1.23 bits per heavy atom. The van der Waals surface area contributed by atoms with Crippen molar-refractivity contribution < 1.29 is 9.59 Å². The van der Waals surface area contributed by atoms with Crippen molar-refractivity contribution in [1.29, 1.82) is 0 Å². The summed E-state index contributed by atoms with van der Waals surface area (Å²) in [5.74, 6) is 0.820. The third-order valence-electron chi connectivity index (χ3n) is 4.54. The maximum Gasteiger partial charge on any atom is 0.251 e. The van der Waals surface area contributed by atoms with Gasteiger partial charge in [0, 0.05) is 25.1 Å². The summed E-state index contributed by atoms with van der Waals surface area (Å²) >= 11 is 0. The summed E-state index contributed by atoms with van der Waals surface area (Å²) in [5.41, 5.74) is 4.14. The number of benzene rings is 1. The first-order valence-electron chi connectivity index (χ1n) is 8.30. The highest BCUT2D eigenvalue weighted by molar-refractivity contribution is 6.00. The van der Waals surface area contributed by atoms with Gasteiger partial charge in [0.25, 0.3) is 5.91 Å². The second-order valence-corrected chi connectivity index (χ2v) is 6.73. The van der Waals surface area contributed by atoms with Gasteiger partial charge < -0.3 is 10.2 Å². The highest BCUT2D eigenvalue weighted by atomic mass is 16.2. The SMILES string of the molecule is CC(C)CCNC(=O)c1cc2c3c(c1)CCC(=O)N3CCC2. The Labute approximate surface area is 131 Å². The lowest BCUT2D eigenvalue weighted by Gasteiger charge is -2.35. The maximum atomic E-state index is 12.4. The van der Waals surface area contributed by atoms with Crippen LogP contribution in [0.25, 0.3) is 0 Å². The number of hydrogen-bond acceptors (Lipinski definition) is 2. The molecule has 2 amide bonds. The summed E-state index contributed by atoms with van der Waals surface area (Å²) in [4.78, 5) is 26.3. The quantitative estimate of drug-likeness (QED) is 0.929. The second-order valence-electron chi connectivity index (χ2n) is 6.73. The third-order valence-corrected chi connectivity index (χ3v) is 4.54. The Morgan fingerprint density at radius 2 is 1.95 bits per heavy atom. The van der Waals surface area contributed by atoms with Crippen LogP contribution in [0.15, 0.2) is 12.1 Å². The summed E-state index contributed by atoms with van der Waals surface area (Å²) in [6.45, 7) is 5.84. The van der Waals surface area contributed by atoms with Crippen LogP contribution in [0.4, 0.5) is 5.69 Å². The molecule has 2 aliphatic rings. The van der Waals surface area contributed by atoms with Gasteiger partial charge in [0.05, 0.1) is 5.69 Å². The van der Waals surface area contributed by atoms with E-state index in [1.54, 1.807) is 0 Å². The number of nitrogens with zero attached hydrogens (tertiary/aromatic N) is 1. The minimum absolute atomic E-state index is 0.00808. The van der Waals surface area contributed by atoms with Crippen molar-refractivity contribution in [2.45, 2.75) is 46.0 Å². The largest absolute Gasteiger partial charge is 0.352 e. The molecule has 0 aliphatic carbocycles. The molecule has 0 aromatic heterocycles. The number of nitrogens with one attached hydrogen (secondary N) is 1. The van der Waals surface area contributed by atoms with Crippen LogP contribution in [0.2, 0.25) is 0 Å². The molecule has 0 bridgehead atoms. The Balaban J connectivity index is 1.83. The Morgan fingerprint density at radius 3 is 2.68 bits per heavy atom. The number of anilines is 1. The first-order chi connectivity index (χ1) is 10.6. The molecule has 4 nitrogen and oxygen atoms in total. The van der Waals surface area contributed by atoms with Gasteiger partial charge in [0.15, 0.2) is 0 Å². The van der Waals surface area contributed by atoms with Gasteiger partial charge in [-0.1, -0.05) is 13.8 Å². The lowest BCUT2D eigenvalue weighted by molar-refractivity contribution is -0.119. The van der Waals surface area contributed by atoms with Gasteiger partial charge in [-0.3, -0.25) is 9.59 Å². The standard InChI is InChI=1S/C18H24N2O2/c1-12(2)7-8-19-18(22)15-10-13-4-3-9-20-16(21)6-5-14(11-15)17(13)20/h10-12H,3-9H2,1-2H3,(H,19,22). The van der Waals surface area contributed by atoms with E-state index in [0.29, 0.717) is 18.9 Å². The van der Waals surface area contributed by atoms with Gasteiger partial charge in [0.2, 0.25) is 5.91 Å². The van der Waals surface area contributed by atoms with Crippen molar-refractivity contribution >= 4 is 17.5 Å². The smallest absolute Gasteiger partial charge is 0.251 e. The number of carbonyl (C=O) groups excluding carboxylic acids is 2. The van der Waals surface area contributed by atoms with Gasteiger partial charge in [-0.05, 0) is 54.9 Å². The van der Waals surface area contributed by atoms with Gasteiger partial charge >= 0.3 is 0 Å². The van der Waals surface area contributed by atoms with E-state index in [-0.39, 0.29) is 11.8 Å². The van der Waals surface area contributed by atoms with Gasteiger partial charge in [-0.15, -0.1) is 0 Å². The molecule has 0 atom stereocenters. The molecule has 2 heterocycles. The topological polar surface area (TPSA) is 49.4 Å². The molecule has 1 aromatic carbocycles. The molecule has 22 heavy (non-hydrogen) atoms. The van der Waals surface area contributed by atoms with Crippen LogP contribution in [0.1, 0.15) is 54.6 Å². The van der Waals surface area contributed by atoms with Crippen LogP contribution in [0.3, 0.4) is 0 Å². The van der Waals surface area contributed by atoms with Crippen LogP contribution in [0, 0.1) is 5.92 Å². The summed E-state index contributed by atoms with van der Waals surface area (Å²) in [6.07, 6.45) is 4.25. The lowest BCUT2D eigenvalue weighted by Crippen LogP contribution is -2.39. The zero-order valence-electron chi connectivity index (χ0n) is 13.4. The molecule has 0 saturated carbocycles. The monoisotopic (exact) mass is 300 g/mol. The fourth-order valence-corrected chi connectivity index (χ4v) is 3.36. The number of rotatable bonds is 4.